The number of anilines is 1. The molecule has 0 aliphatic carbocycles. The second-order valence-electron chi connectivity index (χ2n) is 6.97. The Morgan fingerprint density at radius 3 is 2.50 bits per heavy atom. The van der Waals surface area contributed by atoms with Crippen LogP contribution in [0.4, 0.5) is 11.4 Å². The topological polar surface area (TPSA) is 110 Å². The third kappa shape index (κ3) is 4.60. The van der Waals surface area contributed by atoms with Crippen LogP contribution in [0.1, 0.15) is 5.56 Å². The van der Waals surface area contributed by atoms with Crippen LogP contribution in [0.25, 0.3) is 16.9 Å². The highest BCUT2D eigenvalue weighted by atomic mass is 35.5. The smallest absolute Gasteiger partial charge is 0.269 e. The summed E-state index contributed by atoms with van der Waals surface area (Å²) >= 11 is 5.95. The number of rotatable bonds is 6. The van der Waals surface area contributed by atoms with Crippen LogP contribution < -0.4 is 5.32 Å². The highest BCUT2D eigenvalue weighted by Crippen LogP contribution is 2.29. The summed E-state index contributed by atoms with van der Waals surface area (Å²) in [6.07, 6.45) is 1.70. The van der Waals surface area contributed by atoms with Crippen molar-refractivity contribution in [3.05, 3.63) is 99.7 Å². The maximum atomic E-state index is 12.7. The lowest BCUT2D eigenvalue weighted by atomic mass is 10.1. The van der Waals surface area contributed by atoms with Crippen LogP contribution in [0.5, 0.6) is 5.75 Å². The van der Waals surface area contributed by atoms with Gasteiger partial charge in [-0.25, -0.2) is 4.68 Å². The number of aromatic hydroxyl groups is 1. The number of benzene rings is 3. The zero-order chi connectivity index (χ0) is 22.7. The Labute approximate surface area is 187 Å². The standard InChI is InChI=1S/C23H17ClN4O4/c24-17-8-11-21(29)20(13-17)25-22(30)12-16-14-27(18-4-2-1-3-5-18)26-23(16)15-6-9-19(10-7-15)28(31)32/h1-11,13-14,29H,12H2,(H,25,30). The van der Waals surface area contributed by atoms with E-state index in [0.29, 0.717) is 21.8 Å². The van der Waals surface area contributed by atoms with Gasteiger partial charge >= 0.3 is 0 Å². The van der Waals surface area contributed by atoms with E-state index in [0.717, 1.165) is 5.69 Å². The van der Waals surface area contributed by atoms with Crippen molar-refractivity contribution in [3.63, 3.8) is 0 Å². The second-order valence-corrected chi connectivity index (χ2v) is 7.41. The van der Waals surface area contributed by atoms with E-state index in [4.69, 9.17) is 11.6 Å². The number of hydrogen-bond acceptors (Lipinski definition) is 5. The number of aromatic nitrogens is 2. The SMILES string of the molecule is O=C(Cc1cn(-c2ccccc2)nc1-c1ccc([N+](=O)[O-])cc1)Nc1cc(Cl)ccc1O. The third-order valence-electron chi connectivity index (χ3n) is 4.75. The van der Waals surface area contributed by atoms with Crippen LogP contribution in [-0.4, -0.2) is 25.7 Å². The van der Waals surface area contributed by atoms with E-state index in [1.807, 2.05) is 30.3 Å². The summed E-state index contributed by atoms with van der Waals surface area (Å²) < 4.78 is 1.65. The molecular weight excluding hydrogens is 432 g/mol. The first kappa shape index (κ1) is 21.1. The van der Waals surface area contributed by atoms with Crippen molar-refractivity contribution in [3.8, 4) is 22.7 Å². The van der Waals surface area contributed by atoms with Crippen molar-refractivity contribution in [1.29, 1.82) is 0 Å². The Morgan fingerprint density at radius 2 is 1.81 bits per heavy atom. The van der Waals surface area contributed by atoms with Gasteiger partial charge in [-0.2, -0.15) is 5.10 Å². The maximum absolute atomic E-state index is 12.7. The fourth-order valence-electron chi connectivity index (χ4n) is 3.21. The van der Waals surface area contributed by atoms with E-state index in [9.17, 15) is 20.0 Å². The summed E-state index contributed by atoms with van der Waals surface area (Å²) in [6, 6.07) is 19.7. The summed E-state index contributed by atoms with van der Waals surface area (Å²) in [5, 5.41) is 28.6. The van der Waals surface area contributed by atoms with Gasteiger partial charge in [0, 0.05) is 34.5 Å². The zero-order valence-corrected chi connectivity index (χ0v) is 17.4. The van der Waals surface area contributed by atoms with Gasteiger partial charge in [-0.05, 0) is 42.5 Å². The van der Waals surface area contributed by atoms with Gasteiger partial charge in [-0.15, -0.1) is 0 Å². The number of para-hydroxylation sites is 1. The number of nitro groups is 1. The first-order chi connectivity index (χ1) is 15.4. The van der Waals surface area contributed by atoms with Crippen LogP contribution in [-0.2, 0) is 11.2 Å². The number of halogens is 1. The fourth-order valence-corrected chi connectivity index (χ4v) is 3.38. The molecule has 3 aromatic carbocycles. The number of nitrogens with zero attached hydrogens (tertiary/aromatic N) is 3. The molecule has 0 atom stereocenters. The maximum Gasteiger partial charge on any atom is 0.269 e. The van der Waals surface area contributed by atoms with E-state index in [-0.39, 0.29) is 29.5 Å². The fraction of sp³-hybridized carbons (Fsp3) is 0.0435. The molecule has 0 unspecified atom stereocenters. The lowest BCUT2D eigenvalue weighted by molar-refractivity contribution is -0.384. The molecule has 160 valence electrons. The van der Waals surface area contributed by atoms with E-state index >= 15 is 0 Å². The first-order valence-corrected chi connectivity index (χ1v) is 9.95. The number of amides is 1. The number of phenols is 1. The van der Waals surface area contributed by atoms with Gasteiger partial charge in [0.2, 0.25) is 5.91 Å². The number of phenolic OH excluding ortho intramolecular Hbond substituents is 1. The minimum absolute atomic E-state index is 0.0352. The summed E-state index contributed by atoms with van der Waals surface area (Å²) in [6.45, 7) is 0. The largest absolute Gasteiger partial charge is 0.506 e. The zero-order valence-electron chi connectivity index (χ0n) is 16.6. The van der Waals surface area contributed by atoms with E-state index in [2.05, 4.69) is 10.4 Å². The average molecular weight is 449 g/mol. The number of hydrogen-bond donors (Lipinski definition) is 2. The molecule has 2 N–H and O–H groups in total. The van der Waals surface area contributed by atoms with Crippen molar-refractivity contribution >= 4 is 28.9 Å². The quantitative estimate of drug-likeness (QED) is 0.245. The number of non-ortho nitro benzene ring substituents is 1. The van der Waals surface area contributed by atoms with Gasteiger partial charge < -0.3 is 10.4 Å². The van der Waals surface area contributed by atoms with E-state index in [1.165, 1.54) is 30.3 Å². The van der Waals surface area contributed by atoms with Crippen molar-refractivity contribution in [1.82, 2.24) is 9.78 Å². The molecule has 1 aromatic heterocycles. The molecule has 0 saturated carbocycles. The molecule has 1 heterocycles. The Hall–Kier alpha value is -4.17. The molecule has 4 rings (SSSR count). The third-order valence-corrected chi connectivity index (χ3v) is 4.98. The molecule has 0 aliphatic heterocycles. The van der Waals surface area contributed by atoms with Crippen LogP contribution in [0.2, 0.25) is 5.02 Å². The van der Waals surface area contributed by atoms with Crippen molar-refractivity contribution in [2.24, 2.45) is 0 Å². The summed E-state index contributed by atoms with van der Waals surface area (Å²) in [4.78, 5) is 23.2. The van der Waals surface area contributed by atoms with Crippen LogP contribution in [0.15, 0.2) is 79.0 Å². The molecule has 4 aromatic rings. The minimum Gasteiger partial charge on any atom is -0.506 e. The van der Waals surface area contributed by atoms with Crippen molar-refractivity contribution < 1.29 is 14.8 Å². The Balaban J connectivity index is 1.68. The molecular formula is C23H17ClN4O4. The normalized spacial score (nSPS) is 10.7. The molecule has 9 heteroatoms. The molecule has 1 amide bonds. The van der Waals surface area contributed by atoms with Gasteiger partial charge in [-0.3, -0.25) is 14.9 Å². The molecule has 0 fully saturated rings. The minimum atomic E-state index is -0.474. The van der Waals surface area contributed by atoms with Crippen LogP contribution in [0, 0.1) is 10.1 Å². The van der Waals surface area contributed by atoms with Crippen LogP contribution >= 0.6 is 11.6 Å². The molecule has 0 saturated heterocycles. The summed E-state index contributed by atoms with van der Waals surface area (Å²) in [5.41, 5.74) is 2.74. The second kappa shape index (κ2) is 8.91. The molecule has 0 radical (unpaired) electrons. The number of carbonyl (C=O) groups is 1. The van der Waals surface area contributed by atoms with E-state index < -0.39 is 4.92 Å². The lowest BCUT2D eigenvalue weighted by Gasteiger charge is -2.08. The van der Waals surface area contributed by atoms with Crippen LogP contribution in [0.3, 0.4) is 0 Å². The van der Waals surface area contributed by atoms with Gasteiger partial charge in [0.25, 0.3) is 5.69 Å². The molecule has 32 heavy (non-hydrogen) atoms. The average Bonchev–Trinajstić information content (AvgIpc) is 3.20. The molecule has 0 aliphatic rings. The highest BCUT2D eigenvalue weighted by molar-refractivity contribution is 6.31. The van der Waals surface area contributed by atoms with Crippen molar-refractivity contribution in [2.75, 3.05) is 5.32 Å². The molecule has 0 spiro atoms. The molecule has 8 nitrogen and oxygen atoms in total. The van der Waals surface area contributed by atoms with Gasteiger partial charge in [0.05, 0.1) is 28.4 Å². The predicted octanol–water partition coefficient (Wildman–Crippen LogP) is 4.99. The lowest BCUT2D eigenvalue weighted by Crippen LogP contribution is -2.14. The highest BCUT2D eigenvalue weighted by Gasteiger charge is 2.17. The number of nitro benzene ring substituents is 1. The predicted molar refractivity (Wildman–Crippen MR) is 121 cm³/mol. The number of carbonyl (C=O) groups excluding carboxylic acids is 1. The Morgan fingerprint density at radius 1 is 1.09 bits per heavy atom. The number of nitrogens with one attached hydrogen (secondary N) is 1. The van der Waals surface area contributed by atoms with Crippen molar-refractivity contribution in [2.45, 2.75) is 6.42 Å². The first-order valence-electron chi connectivity index (χ1n) is 9.58. The van der Waals surface area contributed by atoms with Gasteiger partial charge in [0.1, 0.15) is 5.75 Å². The van der Waals surface area contributed by atoms with E-state index in [1.54, 1.807) is 23.0 Å². The monoisotopic (exact) mass is 448 g/mol. The van der Waals surface area contributed by atoms with Gasteiger partial charge in [-0.1, -0.05) is 29.8 Å². The Bertz CT molecular complexity index is 1290. The molecule has 0 bridgehead atoms. The summed E-state index contributed by atoms with van der Waals surface area (Å²) in [5.74, 6) is -0.475. The van der Waals surface area contributed by atoms with Gasteiger partial charge in [0.15, 0.2) is 0 Å². The summed E-state index contributed by atoms with van der Waals surface area (Å²) in [7, 11) is 0. The Kier molecular flexibility index (Phi) is 5.87.